The molecule has 6 saturated carbocycles. The SMILES string of the molecule is C=C1/C(=C\C=C2/CCC[C@@]3(C)C2CC[C@@H]3[C@H](C)CCC(C)C(C)C)C[C@@H](O)C[C@@H]1O.C=C1/C(=C\C=C2/CCC[C@@]3(C)C2CC[C@@H]3[C@H](C)CCCC(C)C)C[C@@H](O)C[C@@H]1OC(=O)/C=C(C)/C=C/C=C(C)/C=C/C1=C(C)CCCC1(C)C. The summed E-state index contributed by atoms with van der Waals surface area (Å²) in [4.78, 5) is 13.0. The summed E-state index contributed by atoms with van der Waals surface area (Å²) >= 11 is 0. The number of carbonyl (C=O) groups is 1. The maximum atomic E-state index is 13.0. The number of hydrogen-bond acceptors (Lipinski definition) is 5. The molecule has 7 rings (SSSR count). The summed E-state index contributed by atoms with van der Waals surface area (Å²) in [7, 11) is 0. The van der Waals surface area contributed by atoms with Crippen molar-refractivity contribution in [3.05, 3.63) is 130 Å². The molecule has 5 heteroatoms. The van der Waals surface area contributed by atoms with Gasteiger partial charge in [0, 0.05) is 18.9 Å². The molecular weight excluding hydrogens is 981 g/mol. The van der Waals surface area contributed by atoms with Crippen molar-refractivity contribution in [2.24, 2.45) is 69.5 Å². The highest BCUT2D eigenvalue weighted by atomic mass is 16.5. The van der Waals surface area contributed by atoms with Crippen LogP contribution in [-0.4, -0.2) is 45.7 Å². The summed E-state index contributed by atoms with van der Waals surface area (Å²) < 4.78 is 5.90. The van der Waals surface area contributed by atoms with E-state index in [2.05, 4.69) is 146 Å². The van der Waals surface area contributed by atoms with Crippen molar-refractivity contribution in [2.45, 2.75) is 263 Å². The second-order valence-corrected chi connectivity index (χ2v) is 29.2. The zero-order valence-electron chi connectivity index (χ0n) is 53.4. The Morgan fingerprint density at radius 2 is 1.21 bits per heavy atom. The van der Waals surface area contributed by atoms with E-state index in [4.69, 9.17) is 4.74 Å². The molecule has 0 amide bonds. The predicted molar refractivity (Wildman–Crippen MR) is 340 cm³/mol. The van der Waals surface area contributed by atoms with Gasteiger partial charge in [0.05, 0.1) is 18.3 Å². The molecule has 80 heavy (non-hydrogen) atoms. The van der Waals surface area contributed by atoms with Gasteiger partial charge in [0.1, 0.15) is 6.10 Å². The molecular formula is C75H116O5. The first-order valence-corrected chi connectivity index (χ1v) is 32.6. The second kappa shape index (κ2) is 29.3. The number of hydrogen-bond donors (Lipinski definition) is 3. The standard InChI is InChI=1S/C47H70O3.C28H46O2/c1-32(2)15-11-18-36(6)42-25-26-43-38(20-14-28-47(42,43)10)22-23-39-30-40(48)31-44(37(39)7)50-45(49)29-34(4)17-12-16-33(3)21-24-41-35(5)19-13-27-46(41,8)9;1-18(2)19(3)9-10-20(4)25-13-14-26-22(8-7-15-28(25,26)6)11-12-23-16-24(29)17-27(30)21(23)5/h12,16-17,21-24,29,32,36,40,42-44,48H,7,11,13-15,18-20,25-28,30-31H2,1-6,8-10H3;11-12,18-20,24-27,29-30H,5,7-10,13-17H2,1-4,6H3/b17-12+,24-21+,33-16+,34-29+,38-22+,39-23-;22-11+,23-12-/t36-,40-,42-,43?,44+,47-;19?,20-,24-,25-,26?,27+,28-/m11/s1. The Bertz CT molecular complexity index is 2420. The van der Waals surface area contributed by atoms with Crippen molar-refractivity contribution in [1.29, 1.82) is 0 Å². The maximum Gasteiger partial charge on any atom is 0.331 e. The first kappa shape index (κ1) is 65.6. The smallest absolute Gasteiger partial charge is 0.331 e. The fourth-order valence-electron chi connectivity index (χ4n) is 16.6. The van der Waals surface area contributed by atoms with Gasteiger partial charge in [-0.05, 0) is 220 Å². The van der Waals surface area contributed by atoms with Gasteiger partial charge in [-0.2, -0.15) is 0 Å². The van der Waals surface area contributed by atoms with E-state index >= 15 is 0 Å². The van der Waals surface area contributed by atoms with E-state index in [0.717, 1.165) is 81.3 Å². The number of fused-ring (bicyclic) bond motifs is 2. The molecule has 0 aromatic rings. The summed E-state index contributed by atoms with van der Waals surface area (Å²) in [6.07, 6.45) is 44.3. The van der Waals surface area contributed by atoms with Gasteiger partial charge in [0.25, 0.3) is 0 Å². The van der Waals surface area contributed by atoms with Crippen LogP contribution in [0.15, 0.2) is 130 Å². The quantitative estimate of drug-likeness (QED) is 0.0723. The maximum absolute atomic E-state index is 13.0. The molecule has 13 atom stereocenters. The van der Waals surface area contributed by atoms with Gasteiger partial charge >= 0.3 is 5.97 Å². The third-order valence-electron chi connectivity index (χ3n) is 22.0. The average molecular weight is 1100 g/mol. The third kappa shape index (κ3) is 17.1. The summed E-state index contributed by atoms with van der Waals surface area (Å²) in [5.41, 5.74) is 12.8. The monoisotopic (exact) mass is 1100 g/mol. The Morgan fingerprint density at radius 1 is 0.662 bits per heavy atom. The Kier molecular flexibility index (Phi) is 24.1. The molecule has 0 aliphatic heterocycles. The molecule has 7 aliphatic rings. The van der Waals surface area contributed by atoms with Gasteiger partial charge < -0.3 is 20.1 Å². The van der Waals surface area contributed by atoms with E-state index in [0.29, 0.717) is 48.3 Å². The fourth-order valence-corrected chi connectivity index (χ4v) is 16.6. The Morgan fingerprint density at radius 3 is 1.77 bits per heavy atom. The van der Waals surface area contributed by atoms with Crippen LogP contribution in [0, 0.1) is 69.5 Å². The van der Waals surface area contributed by atoms with Crippen molar-refractivity contribution in [3.8, 4) is 0 Å². The van der Waals surface area contributed by atoms with E-state index in [9.17, 15) is 20.1 Å². The molecule has 0 aromatic carbocycles. The van der Waals surface area contributed by atoms with Crippen LogP contribution in [0.25, 0.3) is 0 Å². The molecule has 0 spiro atoms. The number of esters is 1. The minimum Gasteiger partial charge on any atom is -0.454 e. The Labute approximate surface area is 490 Å². The van der Waals surface area contributed by atoms with Gasteiger partial charge in [-0.15, -0.1) is 0 Å². The van der Waals surface area contributed by atoms with E-state index in [1.165, 1.54) is 126 Å². The first-order chi connectivity index (χ1) is 37.7. The fraction of sp³-hybridized carbons (Fsp3) is 0.693. The lowest BCUT2D eigenvalue weighted by Crippen LogP contribution is -2.36. The first-order valence-electron chi connectivity index (χ1n) is 32.6. The zero-order valence-corrected chi connectivity index (χ0v) is 53.4. The topological polar surface area (TPSA) is 87.0 Å². The highest BCUT2D eigenvalue weighted by Crippen LogP contribution is 2.61. The molecule has 0 heterocycles. The van der Waals surface area contributed by atoms with E-state index < -0.39 is 30.4 Å². The summed E-state index contributed by atoms with van der Waals surface area (Å²) in [5, 5.41) is 31.0. The highest BCUT2D eigenvalue weighted by molar-refractivity contribution is 5.83. The Balaban J connectivity index is 0.000000292. The summed E-state index contributed by atoms with van der Waals surface area (Å²) in [6, 6.07) is 0. The van der Waals surface area contributed by atoms with Crippen LogP contribution in [0.5, 0.6) is 0 Å². The number of rotatable bonds is 18. The van der Waals surface area contributed by atoms with Gasteiger partial charge in [-0.3, -0.25) is 0 Å². The van der Waals surface area contributed by atoms with Crippen molar-refractivity contribution in [3.63, 3.8) is 0 Å². The Hall–Kier alpha value is -3.51. The van der Waals surface area contributed by atoms with Crippen LogP contribution in [0.2, 0.25) is 0 Å². The molecule has 7 aliphatic carbocycles. The normalized spacial score (nSPS) is 34.7. The van der Waals surface area contributed by atoms with Gasteiger partial charge in [-0.1, -0.05) is 198 Å². The minimum atomic E-state index is -0.597. The summed E-state index contributed by atoms with van der Waals surface area (Å²) in [5.74, 6) is 6.57. The molecule has 6 fully saturated rings. The minimum absolute atomic E-state index is 0.227. The van der Waals surface area contributed by atoms with Crippen molar-refractivity contribution >= 4 is 5.97 Å². The van der Waals surface area contributed by atoms with Crippen molar-refractivity contribution in [1.82, 2.24) is 0 Å². The van der Waals surface area contributed by atoms with Crippen molar-refractivity contribution < 1.29 is 24.9 Å². The molecule has 0 bridgehead atoms. The lowest BCUT2D eigenvalue weighted by molar-refractivity contribution is -0.142. The molecule has 0 radical (unpaired) electrons. The van der Waals surface area contributed by atoms with E-state index in [1.54, 1.807) is 11.1 Å². The molecule has 0 aromatic heterocycles. The molecule has 3 N–H and O–H groups in total. The predicted octanol–water partition coefficient (Wildman–Crippen LogP) is 19.5. The van der Waals surface area contributed by atoms with E-state index in [-0.39, 0.29) is 5.41 Å². The molecule has 446 valence electrons. The lowest BCUT2D eigenvalue weighted by atomic mass is 9.60. The van der Waals surface area contributed by atoms with Gasteiger partial charge in [-0.25, -0.2) is 4.79 Å². The highest BCUT2D eigenvalue weighted by Gasteiger charge is 2.52. The lowest BCUT2D eigenvalue weighted by Gasteiger charge is -2.44. The van der Waals surface area contributed by atoms with Crippen molar-refractivity contribution in [2.75, 3.05) is 0 Å². The largest absolute Gasteiger partial charge is 0.454 e. The second-order valence-electron chi connectivity index (χ2n) is 29.2. The van der Waals surface area contributed by atoms with E-state index in [1.807, 2.05) is 19.1 Å². The number of aliphatic hydroxyl groups is 3. The number of allylic oxidation sites excluding steroid dienone is 15. The van der Waals surface area contributed by atoms with Crippen LogP contribution < -0.4 is 0 Å². The number of ether oxygens (including phenoxy) is 1. The molecule has 0 saturated heterocycles. The summed E-state index contributed by atoms with van der Waals surface area (Å²) in [6.45, 7) is 41.4. The number of aliphatic hydroxyl groups excluding tert-OH is 3. The average Bonchev–Trinajstić information content (AvgIpc) is 4.16. The van der Waals surface area contributed by atoms with Crippen LogP contribution in [0.3, 0.4) is 0 Å². The number of carbonyl (C=O) groups excluding carboxylic acids is 1. The van der Waals surface area contributed by atoms with Crippen LogP contribution in [-0.2, 0) is 9.53 Å². The molecule has 5 nitrogen and oxygen atoms in total. The zero-order chi connectivity index (χ0) is 58.7. The third-order valence-corrected chi connectivity index (χ3v) is 22.0. The van der Waals surface area contributed by atoms with Crippen LogP contribution in [0.1, 0.15) is 238 Å². The van der Waals surface area contributed by atoms with Crippen LogP contribution >= 0.6 is 0 Å². The molecule has 3 unspecified atom stereocenters. The van der Waals surface area contributed by atoms with Crippen LogP contribution in [0.4, 0.5) is 0 Å². The van der Waals surface area contributed by atoms with Gasteiger partial charge in [0.15, 0.2) is 0 Å². The van der Waals surface area contributed by atoms with Gasteiger partial charge in [0.2, 0.25) is 0 Å².